The van der Waals surface area contributed by atoms with Crippen molar-refractivity contribution in [3.05, 3.63) is 65.1 Å². The highest BCUT2D eigenvalue weighted by Crippen LogP contribution is 2.31. The number of carbonyl (C=O) groups excluding carboxylic acids is 1. The molecule has 172 valence electrons. The molecule has 0 radical (unpaired) electrons. The number of esters is 1. The average Bonchev–Trinajstić information content (AvgIpc) is 3.55. The van der Waals surface area contributed by atoms with Crippen molar-refractivity contribution < 1.29 is 27.7 Å². The minimum Gasteiger partial charge on any atom is -0.496 e. The molecule has 5 rings (SSSR count). The van der Waals surface area contributed by atoms with Gasteiger partial charge in [-0.05, 0) is 45.0 Å². The van der Waals surface area contributed by atoms with Crippen LogP contribution in [0.4, 0.5) is 0 Å². The quantitative estimate of drug-likeness (QED) is 0.325. The molecule has 34 heavy (non-hydrogen) atoms. The number of rotatable bonds is 6. The summed E-state index contributed by atoms with van der Waals surface area (Å²) in [7, 11) is 1.56. The van der Waals surface area contributed by atoms with E-state index in [1.807, 2.05) is 38.1 Å². The number of para-hydroxylation sites is 1. The Morgan fingerprint density at radius 2 is 1.82 bits per heavy atom. The highest BCUT2D eigenvalue weighted by Gasteiger charge is 2.23. The van der Waals surface area contributed by atoms with Crippen LogP contribution >= 0.6 is 0 Å². The van der Waals surface area contributed by atoms with Crippen LogP contribution in [0.3, 0.4) is 0 Å². The zero-order chi connectivity index (χ0) is 23.8. The van der Waals surface area contributed by atoms with Crippen molar-refractivity contribution in [2.75, 3.05) is 7.11 Å². The van der Waals surface area contributed by atoms with Gasteiger partial charge in [0.05, 0.1) is 35.0 Å². The summed E-state index contributed by atoms with van der Waals surface area (Å²) in [5, 5.41) is 8.39. The molecule has 0 aliphatic heterocycles. The molecular weight excluding hydrogens is 440 g/mol. The van der Waals surface area contributed by atoms with Crippen LogP contribution in [-0.4, -0.2) is 33.4 Å². The van der Waals surface area contributed by atoms with Gasteiger partial charge in [-0.1, -0.05) is 22.4 Å². The van der Waals surface area contributed by atoms with Crippen molar-refractivity contribution >= 4 is 17.1 Å². The number of hydrogen-bond donors (Lipinski definition) is 0. The van der Waals surface area contributed by atoms with Crippen LogP contribution in [-0.2, 0) is 11.3 Å². The van der Waals surface area contributed by atoms with Gasteiger partial charge in [0.1, 0.15) is 17.3 Å². The summed E-state index contributed by atoms with van der Waals surface area (Å²) in [6.07, 6.45) is 0. The number of nitrogens with zero attached hydrogens (tertiary/aromatic N) is 4. The maximum Gasteiger partial charge on any atom is 0.339 e. The number of aromatic nitrogens is 4. The number of aryl methyl sites for hydroxylation is 3. The van der Waals surface area contributed by atoms with Gasteiger partial charge in [0.25, 0.3) is 11.6 Å². The summed E-state index contributed by atoms with van der Waals surface area (Å²) in [6, 6.07) is 10.8. The largest absolute Gasteiger partial charge is 0.496 e. The highest BCUT2D eigenvalue weighted by molar-refractivity contribution is 6.04. The summed E-state index contributed by atoms with van der Waals surface area (Å²) in [5.41, 5.74) is 2.95. The summed E-state index contributed by atoms with van der Waals surface area (Å²) >= 11 is 0. The predicted molar refractivity (Wildman–Crippen MR) is 119 cm³/mol. The first-order valence-corrected chi connectivity index (χ1v) is 10.4. The van der Waals surface area contributed by atoms with Gasteiger partial charge < -0.3 is 22.9 Å². The molecule has 4 aromatic heterocycles. The topological polar surface area (TPSA) is 127 Å². The molecule has 0 amide bonds. The lowest BCUT2D eigenvalue weighted by molar-refractivity contribution is 0.0432. The number of benzene rings is 1. The zero-order valence-electron chi connectivity index (χ0n) is 18.9. The standard InChI is InChI=1S/C24H20N4O6/c1-12-9-16(14(3)32-12)18-10-17(21-13(2)27-34-23(21)25-18)24(29)31-11-20-26-22(28-33-20)15-7-5-6-8-19(15)30-4/h5-10H,11H2,1-4H3. The second kappa shape index (κ2) is 8.47. The number of fused-ring (bicyclic) bond motifs is 1. The Balaban J connectivity index is 1.43. The Hall–Kier alpha value is -4.47. The van der Waals surface area contributed by atoms with E-state index in [0.717, 1.165) is 11.3 Å². The minimum atomic E-state index is -0.602. The van der Waals surface area contributed by atoms with Gasteiger partial charge in [0, 0.05) is 5.56 Å². The molecule has 10 heteroatoms. The lowest BCUT2D eigenvalue weighted by Crippen LogP contribution is -2.07. The van der Waals surface area contributed by atoms with E-state index in [-0.39, 0.29) is 23.8 Å². The number of ether oxygens (including phenoxy) is 2. The van der Waals surface area contributed by atoms with E-state index in [1.54, 1.807) is 26.2 Å². The molecule has 0 saturated heterocycles. The average molecular weight is 460 g/mol. The molecule has 4 heterocycles. The summed E-state index contributed by atoms with van der Waals surface area (Å²) in [5.74, 6) is 1.88. The monoisotopic (exact) mass is 460 g/mol. The predicted octanol–water partition coefficient (Wildman–Crippen LogP) is 4.82. The molecule has 0 spiro atoms. The lowest BCUT2D eigenvalue weighted by Gasteiger charge is -2.06. The Kier molecular flexibility index (Phi) is 5.33. The normalized spacial score (nSPS) is 11.2. The van der Waals surface area contributed by atoms with Crippen molar-refractivity contribution in [2.24, 2.45) is 0 Å². The van der Waals surface area contributed by atoms with Gasteiger partial charge in [0.2, 0.25) is 5.82 Å². The minimum absolute atomic E-state index is 0.142. The number of methoxy groups -OCH3 is 1. The molecule has 0 bridgehead atoms. The van der Waals surface area contributed by atoms with Crippen molar-refractivity contribution in [1.82, 2.24) is 20.3 Å². The van der Waals surface area contributed by atoms with Crippen LogP contribution in [0, 0.1) is 20.8 Å². The van der Waals surface area contributed by atoms with Crippen molar-refractivity contribution in [2.45, 2.75) is 27.4 Å². The molecule has 0 aliphatic carbocycles. The maximum absolute atomic E-state index is 13.1. The van der Waals surface area contributed by atoms with Gasteiger partial charge in [-0.3, -0.25) is 0 Å². The van der Waals surface area contributed by atoms with Crippen LogP contribution < -0.4 is 4.74 Å². The van der Waals surface area contributed by atoms with E-state index >= 15 is 0 Å². The molecule has 10 nitrogen and oxygen atoms in total. The van der Waals surface area contributed by atoms with Crippen LogP contribution in [0.15, 0.2) is 49.9 Å². The van der Waals surface area contributed by atoms with Crippen molar-refractivity contribution in [3.63, 3.8) is 0 Å². The van der Waals surface area contributed by atoms with E-state index in [1.165, 1.54) is 0 Å². The Morgan fingerprint density at radius 3 is 2.59 bits per heavy atom. The number of hydrogen-bond acceptors (Lipinski definition) is 10. The van der Waals surface area contributed by atoms with Gasteiger partial charge in [0.15, 0.2) is 6.61 Å². The van der Waals surface area contributed by atoms with Crippen LogP contribution in [0.2, 0.25) is 0 Å². The highest BCUT2D eigenvalue weighted by atomic mass is 16.6. The lowest BCUT2D eigenvalue weighted by atomic mass is 10.1. The number of furan rings is 1. The fraction of sp³-hybridized carbons (Fsp3) is 0.208. The zero-order valence-corrected chi connectivity index (χ0v) is 18.9. The van der Waals surface area contributed by atoms with Crippen molar-refractivity contribution in [3.8, 4) is 28.4 Å². The van der Waals surface area contributed by atoms with E-state index in [9.17, 15) is 4.79 Å². The number of pyridine rings is 1. The maximum atomic E-state index is 13.1. The summed E-state index contributed by atoms with van der Waals surface area (Å²) in [4.78, 5) is 21.9. The number of carbonyl (C=O) groups is 1. The van der Waals surface area contributed by atoms with E-state index in [2.05, 4.69) is 20.3 Å². The molecule has 5 aromatic rings. The van der Waals surface area contributed by atoms with Crippen molar-refractivity contribution in [1.29, 1.82) is 0 Å². The molecule has 1 aromatic carbocycles. The Labute approximate surface area is 193 Å². The first-order chi connectivity index (χ1) is 16.4. The van der Waals surface area contributed by atoms with Crippen LogP contribution in [0.25, 0.3) is 33.7 Å². The third kappa shape index (κ3) is 3.79. The van der Waals surface area contributed by atoms with Gasteiger partial charge in [-0.2, -0.15) is 4.98 Å². The second-order valence-corrected chi connectivity index (χ2v) is 7.62. The molecular formula is C24H20N4O6. The summed E-state index contributed by atoms with van der Waals surface area (Å²) < 4.78 is 27.0. The molecule has 0 unspecified atom stereocenters. The van der Waals surface area contributed by atoms with E-state index in [4.69, 9.17) is 22.9 Å². The third-order valence-electron chi connectivity index (χ3n) is 5.30. The third-order valence-corrected chi connectivity index (χ3v) is 5.30. The first-order valence-electron chi connectivity index (χ1n) is 10.4. The summed E-state index contributed by atoms with van der Waals surface area (Å²) in [6.45, 7) is 5.18. The SMILES string of the molecule is COc1ccccc1-c1noc(COC(=O)c2cc(-c3cc(C)oc3C)nc3onc(C)c23)n1. The van der Waals surface area contributed by atoms with E-state index < -0.39 is 5.97 Å². The molecule has 0 atom stereocenters. The molecule has 0 N–H and O–H groups in total. The fourth-order valence-corrected chi connectivity index (χ4v) is 3.74. The van der Waals surface area contributed by atoms with Crippen LogP contribution in [0.5, 0.6) is 5.75 Å². The first kappa shape index (κ1) is 21.4. The van der Waals surface area contributed by atoms with Gasteiger partial charge >= 0.3 is 5.97 Å². The molecule has 0 saturated carbocycles. The van der Waals surface area contributed by atoms with Gasteiger partial charge in [-0.15, -0.1) is 0 Å². The fourth-order valence-electron chi connectivity index (χ4n) is 3.74. The molecule has 0 aliphatic rings. The second-order valence-electron chi connectivity index (χ2n) is 7.62. The van der Waals surface area contributed by atoms with E-state index in [0.29, 0.717) is 39.7 Å². The van der Waals surface area contributed by atoms with Crippen LogP contribution in [0.1, 0.15) is 33.5 Å². The molecule has 0 fully saturated rings. The van der Waals surface area contributed by atoms with Gasteiger partial charge in [-0.25, -0.2) is 9.78 Å². The smallest absolute Gasteiger partial charge is 0.339 e. The Bertz CT molecular complexity index is 1510. The Morgan fingerprint density at radius 1 is 1.00 bits per heavy atom.